The van der Waals surface area contributed by atoms with Crippen LogP contribution < -0.4 is 0 Å². The summed E-state index contributed by atoms with van der Waals surface area (Å²) in [5.41, 5.74) is 0. The monoisotopic (exact) mass is 126 g/mol. The van der Waals surface area contributed by atoms with Gasteiger partial charge in [0.25, 0.3) is 0 Å². The summed E-state index contributed by atoms with van der Waals surface area (Å²) in [6, 6.07) is 0. The molecule has 0 unspecified atom stereocenters. The van der Waals surface area contributed by atoms with Gasteiger partial charge in [-0.1, -0.05) is 0 Å². The van der Waals surface area contributed by atoms with Crippen molar-refractivity contribution in [1.82, 2.24) is 0 Å². The molecule has 1 N–H and O–H groups in total. The minimum absolute atomic E-state index is 0.0477. The lowest BCUT2D eigenvalue weighted by molar-refractivity contribution is 0.0186. The van der Waals surface area contributed by atoms with Crippen LogP contribution in [-0.2, 0) is 0 Å². The average Bonchev–Trinajstić information content (AvgIpc) is 1.78. The molecule has 9 heavy (non-hydrogen) atoms. The van der Waals surface area contributed by atoms with Gasteiger partial charge in [-0.25, -0.2) is 0 Å². The quantitative estimate of drug-likeness (QED) is 0.522. The third-order valence-corrected chi connectivity index (χ3v) is 3.02. The standard InChI is InChI=1S/C8H14O/c9-8-4-3-6-1-2-7(6)5-8/h6-9H,1-5H2/t6-,7-,8-/m0/s1. The fraction of sp³-hybridized carbons (Fsp3) is 1.00. The summed E-state index contributed by atoms with van der Waals surface area (Å²) in [5, 5.41) is 9.23. The minimum Gasteiger partial charge on any atom is -0.393 e. The van der Waals surface area contributed by atoms with E-state index < -0.39 is 0 Å². The molecule has 3 atom stereocenters. The SMILES string of the molecule is O[C@H]1CC[C@@H]2CC[C@H]2C1. The molecule has 0 aliphatic heterocycles. The predicted molar refractivity (Wildman–Crippen MR) is 36.1 cm³/mol. The number of rotatable bonds is 0. The zero-order chi connectivity index (χ0) is 6.27. The lowest BCUT2D eigenvalue weighted by Crippen LogP contribution is -2.34. The summed E-state index contributed by atoms with van der Waals surface area (Å²) >= 11 is 0. The Balaban J connectivity index is 1.92. The second-order valence-corrected chi connectivity index (χ2v) is 3.56. The smallest absolute Gasteiger partial charge is 0.0543 e. The molecule has 0 amide bonds. The lowest BCUT2D eigenvalue weighted by Gasteiger charge is -2.42. The largest absolute Gasteiger partial charge is 0.393 e. The highest BCUT2D eigenvalue weighted by atomic mass is 16.3. The minimum atomic E-state index is 0.0477. The van der Waals surface area contributed by atoms with Crippen LogP contribution in [0.15, 0.2) is 0 Å². The van der Waals surface area contributed by atoms with Crippen molar-refractivity contribution in [2.75, 3.05) is 0 Å². The summed E-state index contributed by atoms with van der Waals surface area (Å²) in [4.78, 5) is 0. The van der Waals surface area contributed by atoms with Gasteiger partial charge in [-0.2, -0.15) is 0 Å². The molecule has 52 valence electrons. The maximum absolute atomic E-state index is 9.23. The van der Waals surface area contributed by atoms with Crippen molar-refractivity contribution >= 4 is 0 Å². The second-order valence-electron chi connectivity index (χ2n) is 3.56. The molecule has 0 radical (unpaired) electrons. The first-order valence-electron chi connectivity index (χ1n) is 4.04. The Hall–Kier alpha value is -0.0400. The number of hydrogen-bond acceptors (Lipinski definition) is 1. The molecule has 0 saturated heterocycles. The van der Waals surface area contributed by atoms with Gasteiger partial charge in [0.1, 0.15) is 0 Å². The first-order chi connectivity index (χ1) is 4.36. The molecule has 0 aromatic rings. The molecule has 0 aromatic carbocycles. The molecular weight excluding hydrogens is 112 g/mol. The first-order valence-corrected chi connectivity index (χ1v) is 4.04. The molecule has 0 spiro atoms. The number of aliphatic hydroxyl groups is 1. The molecule has 0 bridgehead atoms. The van der Waals surface area contributed by atoms with Crippen LogP contribution in [-0.4, -0.2) is 11.2 Å². The van der Waals surface area contributed by atoms with Gasteiger partial charge in [-0.3, -0.25) is 0 Å². The predicted octanol–water partition coefficient (Wildman–Crippen LogP) is 1.56. The van der Waals surface area contributed by atoms with E-state index in [9.17, 15) is 5.11 Å². The van der Waals surface area contributed by atoms with Crippen LogP contribution >= 0.6 is 0 Å². The Labute approximate surface area is 56.1 Å². The molecule has 2 fully saturated rings. The molecule has 0 aromatic heterocycles. The average molecular weight is 126 g/mol. The van der Waals surface area contributed by atoms with E-state index in [4.69, 9.17) is 0 Å². The van der Waals surface area contributed by atoms with E-state index >= 15 is 0 Å². The van der Waals surface area contributed by atoms with Crippen molar-refractivity contribution in [1.29, 1.82) is 0 Å². The van der Waals surface area contributed by atoms with Gasteiger partial charge in [-0.05, 0) is 43.9 Å². The van der Waals surface area contributed by atoms with Crippen LogP contribution in [0.1, 0.15) is 32.1 Å². The molecule has 2 saturated carbocycles. The molecule has 2 aliphatic carbocycles. The van der Waals surface area contributed by atoms with Crippen LogP contribution in [0.25, 0.3) is 0 Å². The van der Waals surface area contributed by atoms with Crippen LogP contribution in [0, 0.1) is 11.8 Å². The Morgan fingerprint density at radius 3 is 2.00 bits per heavy atom. The van der Waals surface area contributed by atoms with Crippen molar-refractivity contribution in [2.45, 2.75) is 38.2 Å². The zero-order valence-electron chi connectivity index (χ0n) is 5.71. The van der Waals surface area contributed by atoms with E-state index in [0.29, 0.717) is 0 Å². The van der Waals surface area contributed by atoms with E-state index in [1.165, 1.54) is 19.3 Å². The maximum Gasteiger partial charge on any atom is 0.0543 e. The van der Waals surface area contributed by atoms with Gasteiger partial charge in [-0.15, -0.1) is 0 Å². The summed E-state index contributed by atoms with van der Waals surface area (Å²) in [7, 11) is 0. The third-order valence-electron chi connectivity index (χ3n) is 3.02. The van der Waals surface area contributed by atoms with Gasteiger partial charge in [0.05, 0.1) is 6.10 Å². The van der Waals surface area contributed by atoms with E-state index in [1.807, 2.05) is 0 Å². The van der Waals surface area contributed by atoms with Crippen molar-refractivity contribution in [2.24, 2.45) is 11.8 Å². The Morgan fingerprint density at radius 1 is 0.889 bits per heavy atom. The van der Waals surface area contributed by atoms with Gasteiger partial charge in [0.15, 0.2) is 0 Å². The number of hydrogen-bond donors (Lipinski definition) is 1. The summed E-state index contributed by atoms with van der Waals surface area (Å²) in [6.07, 6.45) is 6.35. The van der Waals surface area contributed by atoms with Gasteiger partial charge < -0.3 is 5.11 Å². The van der Waals surface area contributed by atoms with Crippen LogP contribution in [0.3, 0.4) is 0 Å². The van der Waals surface area contributed by atoms with E-state index in [2.05, 4.69) is 0 Å². The van der Waals surface area contributed by atoms with Crippen molar-refractivity contribution in [3.8, 4) is 0 Å². The summed E-state index contributed by atoms with van der Waals surface area (Å²) in [6.45, 7) is 0. The molecule has 1 heteroatoms. The second kappa shape index (κ2) is 1.98. The van der Waals surface area contributed by atoms with Gasteiger partial charge in [0.2, 0.25) is 0 Å². The molecule has 1 nitrogen and oxygen atoms in total. The van der Waals surface area contributed by atoms with Crippen molar-refractivity contribution < 1.29 is 5.11 Å². The van der Waals surface area contributed by atoms with E-state index in [-0.39, 0.29) is 6.10 Å². The Kier molecular flexibility index (Phi) is 1.26. The molecule has 2 aliphatic rings. The fourth-order valence-electron chi connectivity index (χ4n) is 2.20. The van der Waals surface area contributed by atoms with Gasteiger partial charge in [0, 0.05) is 0 Å². The van der Waals surface area contributed by atoms with Crippen LogP contribution in [0.5, 0.6) is 0 Å². The third kappa shape index (κ3) is 0.877. The summed E-state index contributed by atoms with van der Waals surface area (Å²) < 4.78 is 0. The highest BCUT2D eigenvalue weighted by molar-refractivity contribution is 4.87. The van der Waals surface area contributed by atoms with Gasteiger partial charge >= 0.3 is 0 Å². The highest BCUT2D eigenvalue weighted by Gasteiger charge is 2.35. The van der Waals surface area contributed by atoms with Crippen molar-refractivity contribution in [3.63, 3.8) is 0 Å². The number of aliphatic hydroxyl groups excluding tert-OH is 1. The normalized spacial score (nSPS) is 49.7. The fourth-order valence-corrected chi connectivity index (χ4v) is 2.20. The Morgan fingerprint density at radius 2 is 1.56 bits per heavy atom. The maximum atomic E-state index is 9.23. The lowest BCUT2D eigenvalue weighted by atomic mass is 9.65. The van der Waals surface area contributed by atoms with Crippen LogP contribution in [0.4, 0.5) is 0 Å². The summed E-state index contributed by atoms with van der Waals surface area (Å²) in [5.74, 6) is 1.92. The molecule has 0 heterocycles. The zero-order valence-corrected chi connectivity index (χ0v) is 5.71. The van der Waals surface area contributed by atoms with E-state index in [0.717, 1.165) is 24.7 Å². The van der Waals surface area contributed by atoms with E-state index in [1.54, 1.807) is 0 Å². The molecular formula is C8H14O. The van der Waals surface area contributed by atoms with Crippen molar-refractivity contribution in [3.05, 3.63) is 0 Å². The van der Waals surface area contributed by atoms with Crippen LogP contribution in [0.2, 0.25) is 0 Å². The molecule has 2 rings (SSSR count). The number of fused-ring (bicyclic) bond motifs is 1. The first kappa shape index (κ1) is 5.72. The topological polar surface area (TPSA) is 20.2 Å². The highest BCUT2D eigenvalue weighted by Crippen LogP contribution is 2.44. The Bertz CT molecular complexity index is 111.